The molecule has 0 amide bonds. The van der Waals surface area contributed by atoms with Crippen molar-refractivity contribution in [3.8, 4) is 5.75 Å². The van der Waals surface area contributed by atoms with Gasteiger partial charge in [0.25, 0.3) is 0 Å². The fraction of sp³-hybridized carbons (Fsp3) is 0.222. The van der Waals surface area contributed by atoms with Crippen molar-refractivity contribution in [1.82, 2.24) is 0 Å². The number of benzene rings is 3. The van der Waals surface area contributed by atoms with Crippen LogP contribution >= 0.6 is 0 Å². The molecule has 0 saturated heterocycles. The third kappa shape index (κ3) is 2.23. The highest BCUT2D eigenvalue weighted by molar-refractivity contribution is 6.05. The van der Waals surface area contributed by atoms with Gasteiger partial charge in [0.2, 0.25) is 0 Å². The Morgan fingerprint density at radius 2 is 1.75 bits per heavy atom. The van der Waals surface area contributed by atoms with Gasteiger partial charge in [0.05, 0.1) is 6.61 Å². The predicted molar refractivity (Wildman–Crippen MR) is 83.4 cm³/mol. The summed E-state index contributed by atoms with van der Waals surface area (Å²) < 4.78 is 5.83. The van der Waals surface area contributed by atoms with E-state index < -0.39 is 0 Å². The van der Waals surface area contributed by atoms with Gasteiger partial charge in [0.1, 0.15) is 12.4 Å². The third-order valence-electron chi connectivity index (χ3n) is 3.62. The van der Waals surface area contributed by atoms with E-state index in [4.69, 9.17) is 9.84 Å². The van der Waals surface area contributed by atoms with Crippen molar-refractivity contribution in [2.75, 3.05) is 13.2 Å². The lowest BCUT2D eigenvalue weighted by molar-refractivity contribution is 0.204. The molecule has 0 aromatic heterocycles. The van der Waals surface area contributed by atoms with Crippen LogP contribution in [0.25, 0.3) is 21.5 Å². The van der Waals surface area contributed by atoms with Crippen molar-refractivity contribution in [2.24, 2.45) is 0 Å². The van der Waals surface area contributed by atoms with Crippen molar-refractivity contribution in [2.45, 2.75) is 13.3 Å². The highest BCUT2D eigenvalue weighted by atomic mass is 16.5. The third-order valence-corrected chi connectivity index (χ3v) is 3.62. The van der Waals surface area contributed by atoms with Crippen molar-refractivity contribution < 1.29 is 9.84 Å². The van der Waals surface area contributed by atoms with Crippen molar-refractivity contribution in [3.05, 3.63) is 54.1 Å². The van der Waals surface area contributed by atoms with Crippen LogP contribution in [-0.4, -0.2) is 18.3 Å². The Bertz CT molecular complexity index is 747. The molecule has 2 heteroatoms. The van der Waals surface area contributed by atoms with Crippen molar-refractivity contribution >= 4 is 21.5 Å². The summed E-state index contributed by atoms with van der Waals surface area (Å²) in [5.41, 5.74) is 1.29. The Morgan fingerprint density at radius 1 is 0.950 bits per heavy atom. The van der Waals surface area contributed by atoms with Gasteiger partial charge in [-0.25, -0.2) is 0 Å². The maximum absolute atomic E-state index is 9.05. The van der Waals surface area contributed by atoms with Gasteiger partial charge < -0.3 is 9.84 Å². The minimum Gasteiger partial charge on any atom is -0.490 e. The van der Waals surface area contributed by atoms with Crippen LogP contribution in [-0.2, 0) is 6.42 Å². The van der Waals surface area contributed by atoms with E-state index >= 15 is 0 Å². The van der Waals surface area contributed by atoms with E-state index in [0.717, 1.165) is 28.3 Å². The van der Waals surface area contributed by atoms with Crippen LogP contribution in [0.4, 0.5) is 0 Å². The first-order valence-corrected chi connectivity index (χ1v) is 7.01. The zero-order valence-corrected chi connectivity index (χ0v) is 11.6. The van der Waals surface area contributed by atoms with Crippen molar-refractivity contribution in [1.29, 1.82) is 0 Å². The second kappa shape index (κ2) is 5.51. The minimum atomic E-state index is 0.0260. The number of aliphatic hydroxyl groups is 1. The molecule has 0 fully saturated rings. The maximum atomic E-state index is 9.05. The van der Waals surface area contributed by atoms with Crippen LogP contribution in [0, 0.1) is 0 Å². The van der Waals surface area contributed by atoms with Crippen LogP contribution < -0.4 is 4.74 Å². The van der Waals surface area contributed by atoms with Crippen LogP contribution in [0.15, 0.2) is 48.5 Å². The summed E-state index contributed by atoms with van der Waals surface area (Å²) in [6.45, 7) is 2.49. The molecule has 3 aromatic carbocycles. The highest BCUT2D eigenvalue weighted by Gasteiger charge is 2.09. The minimum absolute atomic E-state index is 0.0260. The second-order valence-electron chi connectivity index (χ2n) is 4.91. The molecule has 0 aliphatic carbocycles. The molecule has 0 atom stereocenters. The fourth-order valence-corrected chi connectivity index (χ4v) is 2.59. The quantitative estimate of drug-likeness (QED) is 0.725. The molecule has 0 unspecified atom stereocenters. The zero-order valence-electron chi connectivity index (χ0n) is 11.6. The lowest BCUT2D eigenvalue weighted by atomic mass is 9.99. The Labute approximate surface area is 118 Å². The van der Waals surface area contributed by atoms with Gasteiger partial charge in [-0.1, -0.05) is 43.3 Å². The number of rotatable bonds is 4. The van der Waals surface area contributed by atoms with Gasteiger partial charge in [-0.2, -0.15) is 0 Å². The molecule has 3 aromatic rings. The number of hydrogen-bond acceptors (Lipinski definition) is 2. The Morgan fingerprint density at radius 3 is 2.55 bits per heavy atom. The Kier molecular flexibility index (Phi) is 3.57. The van der Waals surface area contributed by atoms with Gasteiger partial charge in [0, 0.05) is 10.8 Å². The summed E-state index contributed by atoms with van der Waals surface area (Å²) in [5.74, 6) is 0.877. The maximum Gasteiger partial charge on any atom is 0.135 e. The molecule has 102 valence electrons. The van der Waals surface area contributed by atoms with Gasteiger partial charge in [-0.05, 0) is 34.9 Å². The molecule has 0 saturated carbocycles. The molecule has 0 bridgehead atoms. The van der Waals surface area contributed by atoms with Crippen LogP contribution in [0.2, 0.25) is 0 Å². The summed E-state index contributed by atoms with van der Waals surface area (Å²) in [5, 5.41) is 13.6. The predicted octanol–water partition coefficient (Wildman–Crippen LogP) is 3.93. The Balaban J connectivity index is 2.32. The fourth-order valence-electron chi connectivity index (χ4n) is 2.59. The van der Waals surface area contributed by atoms with E-state index in [0.29, 0.717) is 6.61 Å². The first kappa shape index (κ1) is 12.9. The average Bonchev–Trinajstić information content (AvgIpc) is 2.51. The molecule has 0 aliphatic heterocycles. The number of aliphatic hydroxyl groups excluding tert-OH is 1. The number of ether oxygens (including phenoxy) is 1. The van der Waals surface area contributed by atoms with E-state index in [1.54, 1.807) is 0 Å². The second-order valence-corrected chi connectivity index (χ2v) is 4.91. The molecule has 1 N–H and O–H groups in total. The summed E-state index contributed by atoms with van der Waals surface area (Å²) in [4.78, 5) is 0. The highest BCUT2D eigenvalue weighted by Crippen LogP contribution is 2.35. The molecule has 0 aliphatic rings. The largest absolute Gasteiger partial charge is 0.490 e. The van der Waals surface area contributed by atoms with E-state index in [1.165, 1.54) is 10.9 Å². The number of fused-ring (bicyclic) bond motifs is 2. The standard InChI is InChI=1S/C18H18O2/c1-2-13-7-8-15-12-14-5-3-4-6-16(14)18(17(15)11-13)20-10-9-19/h3-8,11-12,19H,2,9-10H2,1H3. The van der Waals surface area contributed by atoms with E-state index in [1.807, 2.05) is 12.1 Å². The zero-order chi connectivity index (χ0) is 13.9. The van der Waals surface area contributed by atoms with Gasteiger partial charge in [-0.15, -0.1) is 0 Å². The number of aryl methyl sites for hydroxylation is 1. The molecule has 0 radical (unpaired) electrons. The van der Waals surface area contributed by atoms with Crippen molar-refractivity contribution in [3.63, 3.8) is 0 Å². The molecule has 20 heavy (non-hydrogen) atoms. The van der Waals surface area contributed by atoms with E-state index in [9.17, 15) is 0 Å². The molecule has 3 rings (SSSR count). The normalized spacial score (nSPS) is 11.1. The monoisotopic (exact) mass is 266 g/mol. The average molecular weight is 266 g/mol. The summed E-state index contributed by atoms with van der Waals surface area (Å²) in [7, 11) is 0. The topological polar surface area (TPSA) is 29.5 Å². The molecule has 2 nitrogen and oxygen atoms in total. The molecular formula is C18H18O2. The first-order chi connectivity index (χ1) is 9.83. The first-order valence-electron chi connectivity index (χ1n) is 7.01. The summed E-state index contributed by atoms with van der Waals surface area (Å²) >= 11 is 0. The van der Waals surface area contributed by atoms with Crippen LogP contribution in [0.5, 0.6) is 5.75 Å². The lowest BCUT2D eigenvalue weighted by Crippen LogP contribution is -2.02. The molecule has 0 heterocycles. The summed E-state index contributed by atoms with van der Waals surface area (Å²) in [6.07, 6.45) is 1.00. The van der Waals surface area contributed by atoms with Gasteiger partial charge in [-0.3, -0.25) is 0 Å². The van der Waals surface area contributed by atoms with Crippen LogP contribution in [0.1, 0.15) is 12.5 Å². The summed E-state index contributed by atoms with van der Waals surface area (Å²) in [6, 6.07) is 16.9. The van der Waals surface area contributed by atoms with Gasteiger partial charge in [0.15, 0.2) is 0 Å². The van der Waals surface area contributed by atoms with E-state index in [-0.39, 0.29) is 6.61 Å². The van der Waals surface area contributed by atoms with Crippen LogP contribution in [0.3, 0.4) is 0 Å². The molecular weight excluding hydrogens is 248 g/mol. The lowest BCUT2D eigenvalue weighted by Gasteiger charge is -2.13. The molecule has 0 spiro atoms. The Hall–Kier alpha value is -2.06. The van der Waals surface area contributed by atoms with Gasteiger partial charge >= 0.3 is 0 Å². The SMILES string of the molecule is CCc1ccc2cc3ccccc3c(OCCO)c2c1. The number of hydrogen-bond donors (Lipinski definition) is 1. The van der Waals surface area contributed by atoms with E-state index in [2.05, 4.69) is 43.3 Å². The smallest absolute Gasteiger partial charge is 0.135 e.